The Labute approximate surface area is 191 Å². The quantitative estimate of drug-likeness (QED) is 0.690. The monoisotopic (exact) mass is 473 g/mol. The molecule has 0 radical (unpaired) electrons. The second kappa shape index (κ2) is 9.43. The molecule has 3 amide bonds. The Morgan fingerprint density at radius 1 is 1.00 bits per heavy atom. The van der Waals surface area contributed by atoms with Crippen LogP contribution in [0.15, 0.2) is 53.4 Å². The second-order valence-electron chi connectivity index (χ2n) is 7.68. The summed E-state index contributed by atoms with van der Waals surface area (Å²) in [5, 5.41) is 2.47. The summed E-state index contributed by atoms with van der Waals surface area (Å²) in [7, 11) is -3.53. The molecule has 0 aromatic heterocycles. The highest BCUT2D eigenvalue weighted by Crippen LogP contribution is 2.23. The van der Waals surface area contributed by atoms with Gasteiger partial charge in [-0.1, -0.05) is 30.3 Å². The summed E-state index contributed by atoms with van der Waals surface area (Å²) in [4.78, 5) is 37.6. The van der Waals surface area contributed by atoms with Gasteiger partial charge in [-0.15, -0.1) is 0 Å². The number of anilines is 1. The fourth-order valence-electron chi connectivity index (χ4n) is 3.70. The maximum atomic E-state index is 12.8. The van der Waals surface area contributed by atoms with Crippen LogP contribution >= 0.6 is 11.8 Å². The number of thioether (sulfide) groups is 1. The first-order chi connectivity index (χ1) is 15.3. The highest BCUT2D eigenvalue weighted by atomic mass is 32.2. The number of sulfonamides is 1. The van der Waals surface area contributed by atoms with Crippen molar-refractivity contribution in [1.82, 2.24) is 9.21 Å². The lowest BCUT2D eigenvalue weighted by atomic mass is 10.1. The molecule has 2 aliphatic rings. The average molecular weight is 474 g/mol. The minimum absolute atomic E-state index is 0.120. The predicted molar refractivity (Wildman–Crippen MR) is 122 cm³/mol. The van der Waals surface area contributed by atoms with Gasteiger partial charge < -0.3 is 5.32 Å². The number of nitrogens with zero attached hydrogens (tertiary/aromatic N) is 2. The van der Waals surface area contributed by atoms with Crippen LogP contribution in [-0.2, 0) is 21.4 Å². The Morgan fingerprint density at radius 3 is 2.38 bits per heavy atom. The maximum Gasteiger partial charge on any atom is 0.289 e. The Kier molecular flexibility index (Phi) is 6.63. The van der Waals surface area contributed by atoms with E-state index in [4.69, 9.17) is 0 Å². The highest BCUT2D eigenvalue weighted by Gasteiger charge is 2.30. The molecule has 2 heterocycles. The van der Waals surface area contributed by atoms with E-state index in [0.717, 1.165) is 31.0 Å². The predicted octanol–water partition coefficient (Wildman–Crippen LogP) is 3.31. The van der Waals surface area contributed by atoms with Gasteiger partial charge >= 0.3 is 0 Å². The Balaban J connectivity index is 1.43. The van der Waals surface area contributed by atoms with Gasteiger partial charge in [-0.3, -0.25) is 19.3 Å². The van der Waals surface area contributed by atoms with Crippen molar-refractivity contribution in [3.8, 4) is 0 Å². The molecule has 168 valence electrons. The molecule has 0 bridgehead atoms. The van der Waals surface area contributed by atoms with Crippen molar-refractivity contribution in [2.24, 2.45) is 0 Å². The molecule has 0 spiro atoms. The maximum absolute atomic E-state index is 12.8. The van der Waals surface area contributed by atoms with E-state index in [9.17, 15) is 22.8 Å². The van der Waals surface area contributed by atoms with Gasteiger partial charge in [0.1, 0.15) is 0 Å². The smallest absolute Gasteiger partial charge is 0.289 e. The van der Waals surface area contributed by atoms with Crippen molar-refractivity contribution in [2.75, 3.05) is 24.2 Å². The minimum atomic E-state index is -3.53. The van der Waals surface area contributed by atoms with E-state index in [1.54, 1.807) is 36.4 Å². The van der Waals surface area contributed by atoms with Crippen LogP contribution in [0.3, 0.4) is 0 Å². The molecule has 10 heteroatoms. The van der Waals surface area contributed by atoms with Crippen LogP contribution in [0.25, 0.3) is 0 Å². The van der Waals surface area contributed by atoms with Crippen LogP contribution in [0, 0.1) is 0 Å². The van der Waals surface area contributed by atoms with Crippen LogP contribution < -0.4 is 5.32 Å². The average Bonchev–Trinajstić information content (AvgIpc) is 3.12. The molecule has 0 atom stereocenters. The number of benzene rings is 2. The molecule has 8 nitrogen and oxygen atoms in total. The van der Waals surface area contributed by atoms with Crippen molar-refractivity contribution < 1.29 is 22.8 Å². The van der Waals surface area contributed by atoms with Crippen LogP contribution in [0.2, 0.25) is 0 Å². The summed E-state index contributed by atoms with van der Waals surface area (Å²) in [5.74, 6) is -0.468. The zero-order valence-electron chi connectivity index (χ0n) is 17.3. The van der Waals surface area contributed by atoms with Crippen LogP contribution in [0.1, 0.15) is 35.2 Å². The van der Waals surface area contributed by atoms with Gasteiger partial charge in [0.05, 0.1) is 17.2 Å². The first kappa shape index (κ1) is 22.5. The van der Waals surface area contributed by atoms with Gasteiger partial charge in [-0.25, -0.2) is 8.42 Å². The number of hydrogen-bond donors (Lipinski definition) is 1. The Hall–Kier alpha value is -2.69. The van der Waals surface area contributed by atoms with E-state index in [2.05, 4.69) is 5.32 Å². The number of carbonyl (C=O) groups excluding carboxylic acids is 3. The largest absolute Gasteiger partial charge is 0.322 e. The van der Waals surface area contributed by atoms with Crippen LogP contribution in [0.4, 0.5) is 10.5 Å². The number of nitrogens with one attached hydrogen (secondary N) is 1. The number of carbonyl (C=O) groups is 3. The van der Waals surface area contributed by atoms with Crippen LogP contribution in [0.5, 0.6) is 0 Å². The topological polar surface area (TPSA) is 104 Å². The molecule has 2 fully saturated rings. The molecule has 4 rings (SSSR count). The van der Waals surface area contributed by atoms with Gasteiger partial charge in [0.25, 0.3) is 11.1 Å². The SMILES string of the molecule is O=C(Nc1ccc(S(=O)(=O)N2CCCCC2)cc1)c1cccc(CN2C(=O)CSC2=O)c1. The number of piperidine rings is 1. The van der Waals surface area contributed by atoms with E-state index in [1.807, 2.05) is 0 Å². The van der Waals surface area contributed by atoms with Gasteiger partial charge in [-0.05, 0) is 54.8 Å². The lowest BCUT2D eigenvalue weighted by Gasteiger charge is -2.25. The fraction of sp³-hybridized carbons (Fsp3) is 0.318. The molecular formula is C22H23N3O5S2. The summed E-state index contributed by atoms with van der Waals surface area (Å²) in [6.45, 7) is 1.18. The molecule has 1 N–H and O–H groups in total. The summed E-state index contributed by atoms with van der Waals surface area (Å²) in [6, 6.07) is 12.8. The third-order valence-corrected chi connectivity index (χ3v) is 8.21. The van der Waals surface area contributed by atoms with Crippen molar-refractivity contribution in [2.45, 2.75) is 30.7 Å². The normalized spacial score (nSPS) is 17.6. The molecular weight excluding hydrogens is 450 g/mol. The first-order valence-electron chi connectivity index (χ1n) is 10.3. The number of hydrogen-bond acceptors (Lipinski definition) is 6. The summed E-state index contributed by atoms with van der Waals surface area (Å²) < 4.78 is 27.0. The minimum Gasteiger partial charge on any atom is -0.322 e. The second-order valence-corrected chi connectivity index (χ2v) is 10.5. The molecule has 0 saturated carbocycles. The van der Waals surface area contributed by atoms with E-state index in [-0.39, 0.29) is 34.2 Å². The molecule has 2 aliphatic heterocycles. The fourth-order valence-corrected chi connectivity index (χ4v) is 5.94. The Bertz CT molecular complexity index is 1130. The zero-order valence-corrected chi connectivity index (χ0v) is 19.0. The summed E-state index contributed by atoms with van der Waals surface area (Å²) in [6.07, 6.45) is 2.78. The molecule has 0 unspecified atom stereocenters. The molecule has 2 aromatic rings. The van der Waals surface area contributed by atoms with E-state index in [0.29, 0.717) is 29.9 Å². The third kappa shape index (κ3) is 4.87. The van der Waals surface area contributed by atoms with Crippen LogP contribution in [-0.4, -0.2) is 53.5 Å². The third-order valence-electron chi connectivity index (χ3n) is 5.44. The number of rotatable bonds is 6. The van der Waals surface area contributed by atoms with Gasteiger partial charge in [0.15, 0.2) is 0 Å². The number of amides is 3. The highest BCUT2D eigenvalue weighted by molar-refractivity contribution is 8.14. The molecule has 32 heavy (non-hydrogen) atoms. The molecule has 2 saturated heterocycles. The first-order valence-corrected chi connectivity index (χ1v) is 12.7. The van der Waals surface area contributed by atoms with E-state index >= 15 is 0 Å². The van der Waals surface area contributed by atoms with E-state index in [1.165, 1.54) is 21.3 Å². The summed E-state index contributed by atoms with van der Waals surface area (Å²) in [5.41, 5.74) is 1.52. The lowest BCUT2D eigenvalue weighted by Crippen LogP contribution is -2.35. The van der Waals surface area contributed by atoms with Gasteiger partial charge in [0.2, 0.25) is 15.9 Å². The Morgan fingerprint density at radius 2 is 1.72 bits per heavy atom. The van der Waals surface area contributed by atoms with Gasteiger partial charge in [-0.2, -0.15) is 4.31 Å². The van der Waals surface area contributed by atoms with E-state index < -0.39 is 10.0 Å². The summed E-state index contributed by atoms with van der Waals surface area (Å²) >= 11 is 0.969. The lowest BCUT2D eigenvalue weighted by molar-refractivity contribution is -0.125. The molecule has 2 aromatic carbocycles. The number of imide groups is 1. The van der Waals surface area contributed by atoms with Gasteiger partial charge in [0, 0.05) is 24.3 Å². The standard InChI is InChI=1S/C22H23N3O5S2/c26-20-15-31-22(28)25(20)14-16-5-4-6-17(13-16)21(27)23-18-7-9-19(10-8-18)32(29,30)24-11-2-1-3-12-24/h4-10,13H,1-3,11-12,14-15H2,(H,23,27). The van der Waals surface area contributed by atoms with Crippen molar-refractivity contribution in [3.05, 3.63) is 59.7 Å². The van der Waals surface area contributed by atoms with Crippen molar-refractivity contribution in [1.29, 1.82) is 0 Å². The molecule has 0 aliphatic carbocycles. The van der Waals surface area contributed by atoms with Crippen molar-refractivity contribution >= 4 is 44.5 Å². The zero-order chi connectivity index (χ0) is 22.7. The van der Waals surface area contributed by atoms with Crippen molar-refractivity contribution in [3.63, 3.8) is 0 Å².